The van der Waals surface area contributed by atoms with E-state index in [2.05, 4.69) is 18.9 Å². The molecule has 0 saturated heterocycles. The molecule has 1 aromatic carbocycles. The van der Waals surface area contributed by atoms with Crippen LogP contribution in [-0.2, 0) is 28.4 Å². The molecule has 0 bridgehead atoms. The number of alkyl halides is 6. The van der Waals surface area contributed by atoms with Crippen molar-refractivity contribution in [1.29, 1.82) is 0 Å². The Hall–Kier alpha value is -1.76. The first-order valence-corrected chi connectivity index (χ1v) is 11.7. The van der Waals surface area contributed by atoms with Gasteiger partial charge in [0.2, 0.25) is 0 Å². The van der Waals surface area contributed by atoms with E-state index in [-0.39, 0.29) is 46.1 Å². The second-order valence-electron chi connectivity index (χ2n) is 8.17. The van der Waals surface area contributed by atoms with Crippen LogP contribution in [-0.4, -0.2) is 112 Å². The molecule has 2 atom stereocenters. The van der Waals surface area contributed by atoms with E-state index < -0.39 is 57.1 Å². The van der Waals surface area contributed by atoms with Gasteiger partial charge in [-0.25, -0.2) is 9.47 Å². The molecule has 0 radical (unpaired) electrons. The maximum atomic E-state index is 13.6. The third-order valence-corrected chi connectivity index (χ3v) is 4.29. The van der Waals surface area contributed by atoms with E-state index in [0.29, 0.717) is 5.75 Å². The Morgan fingerprint density at radius 3 is 1.77 bits per heavy atom. The number of hydrogen-bond donors (Lipinski definition) is 3. The number of aliphatic hydroxyl groups excluding tert-OH is 3. The number of halogens is 6. The third-order valence-electron chi connectivity index (χ3n) is 4.29. The molecule has 0 amide bonds. The van der Waals surface area contributed by atoms with E-state index >= 15 is 0 Å². The van der Waals surface area contributed by atoms with Crippen molar-refractivity contribution < 1.29 is 74.8 Å². The van der Waals surface area contributed by atoms with Gasteiger partial charge in [0.1, 0.15) is 37.8 Å². The summed E-state index contributed by atoms with van der Waals surface area (Å²) in [6.07, 6.45) is -17.1. The lowest BCUT2D eigenvalue weighted by Gasteiger charge is -2.26. The number of aliphatic hydroxyl groups is 3. The first-order chi connectivity index (χ1) is 18.2. The van der Waals surface area contributed by atoms with Gasteiger partial charge in [0.25, 0.3) is 0 Å². The Morgan fingerprint density at radius 1 is 0.692 bits per heavy atom. The van der Waals surface area contributed by atoms with Crippen LogP contribution in [0.2, 0.25) is 0 Å². The van der Waals surface area contributed by atoms with Crippen LogP contribution in [0.3, 0.4) is 0 Å². The number of aryl methyl sites for hydroxylation is 1. The van der Waals surface area contributed by atoms with Crippen molar-refractivity contribution in [2.75, 3.05) is 66.1 Å². The van der Waals surface area contributed by atoms with Gasteiger partial charge in [-0.05, 0) is 25.5 Å². The summed E-state index contributed by atoms with van der Waals surface area (Å²) in [5, 5.41) is 27.8. The summed E-state index contributed by atoms with van der Waals surface area (Å²) in [4.78, 5) is 0. The summed E-state index contributed by atoms with van der Waals surface area (Å²) in [6, 6.07) is 7.03. The van der Waals surface area contributed by atoms with Crippen molar-refractivity contribution in [3.05, 3.63) is 29.8 Å². The smallest absolute Gasteiger partial charge is 0.491 e. The van der Waals surface area contributed by atoms with Gasteiger partial charge in [0, 0.05) is 13.2 Å². The van der Waals surface area contributed by atoms with Gasteiger partial charge in [-0.1, -0.05) is 17.7 Å². The highest BCUT2D eigenvalue weighted by atomic mass is 19.3. The van der Waals surface area contributed by atoms with Crippen molar-refractivity contribution in [1.82, 2.24) is 0 Å². The summed E-state index contributed by atoms with van der Waals surface area (Å²) in [5.74, 6) is 0.520. The van der Waals surface area contributed by atoms with Crippen LogP contribution in [0.4, 0.5) is 26.3 Å². The molecule has 0 aliphatic carbocycles. The largest absolute Gasteiger partial charge is 0.495 e. The van der Waals surface area contributed by atoms with E-state index in [0.717, 1.165) is 5.56 Å². The normalized spacial score (nSPS) is 14.4. The van der Waals surface area contributed by atoms with Crippen molar-refractivity contribution >= 4 is 0 Å². The van der Waals surface area contributed by atoms with Gasteiger partial charge in [0.05, 0.1) is 33.0 Å². The third kappa shape index (κ3) is 18.3. The Bertz CT molecular complexity index is 772. The highest BCUT2D eigenvalue weighted by Crippen LogP contribution is 2.33. The van der Waals surface area contributed by atoms with Crippen molar-refractivity contribution in [2.24, 2.45) is 0 Å². The zero-order valence-corrected chi connectivity index (χ0v) is 21.2. The molecule has 1 aromatic rings. The lowest BCUT2D eigenvalue weighted by atomic mass is 10.2. The molecule has 1 rings (SSSR count). The minimum Gasteiger partial charge on any atom is -0.491 e. The summed E-state index contributed by atoms with van der Waals surface area (Å²) in [7, 11) is 0. The predicted octanol–water partition coefficient (Wildman–Crippen LogP) is 2.31. The first-order valence-electron chi connectivity index (χ1n) is 11.7. The van der Waals surface area contributed by atoms with E-state index in [1.165, 1.54) is 0 Å². The fraction of sp³-hybridized carbons (Fsp3) is 0.739. The van der Waals surface area contributed by atoms with Crippen LogP contribution in [0.1, 0.15) is 12.0 Å². The van der Waals surface area contributed by atoms with Crippen molar-refractivity contribution in [3.8, 4) is 5.75 Å². The summed E-state index contributed by atoms with van der Waals surface area (Å²) in [6.45, 7) is -4.01. The number of hydrogen-bond acceptors (Lipinski definition) is 10. The van der Waals surface area contributed by atoms with Gasteiger partial charge in [0.15, 0.2) is 0 Å². The molecule has 10 nitrogen and oxygen atoms in total. The molecule has 0 aliphatic rings. The molecular weight excluding hydrogens is 550 g/mol. The van der Waals surface area contributed by atoms with Gasteiger partial charge >= 0.3 is 18.5 Å². The zero-order valence-electron chi connectivity index (χ0n) is 21.2. The predicted molar refractivity (Wildman–Crippen MR) is 121 cm³/mol. The molecule has 0 fully saturated rings. The molecule has 0 spiro atoms. The summed E-state index contributed by atoms with van der Waals surface area (Å²) in [5.41, 5.74) is 1.02. The molecule has 0 aromatic heterocycles. The van der Waals surface area contributed by atoms with Crippen molar-refractivity contribution in [2.45, 2.75) is 44.1 Å². The molecule has 3 N–H and O–H groups in total. The molecular formula is C23H34F6O10. The minimum atomic E-state index is -5.43. The topological polar surface area (TPSA) is 125 Å². The lowest BCUT2D eigenvalue weighted by molar-refractivity contribution is -0.518. The van der Waals surface area contributed by atoms with Gasteiger partial charge < -0.3 is 39.0 Å². The Labute approximate surface area is 221 Å². The van der Waals surface area contributed by atoms with Crippen LogP contribution in [0.25, 0.3) is 0 Å². The summed E-state index contributed by atoms with van der Waals surface area (Å²) < 4.78 is 111. The maximum Gasteiger partial charge on any atom is 0.495 e. The van der Waals surface area contributed by atoms with Crippen molar-refractivity contribution in [3.63, 3.8) is 0 Å². The maximum absolute atomic E-state index is 13.6. The van der Waals surface area contributed by atoms with Gasteiger partial charge in [-0.15, -0.1) is 8.78 Å². The molecule has 2 unspecified atom stereocenters. The quantitative estimate of drug-likeness (QED) is 0.100. The SMILES string of the molecule is Cc1ccc(OCC(O)COCCOCC(F)(F)OC(F)(F)OC(F)(F)COCC(O)COCCCO)cc1. The number of benzene rings is 1. The van der Waals surface area contributed by atoms with Crippen LogP contribution in [0, 0.1) is 6.92 Å². The van der Waals surface area contributed by atoms with Crippen LogP contribution >= 0.6 is 0 Å². The zero-order chi connectivity index (χ0) is 29.4. The minimum absolute atomic E-state index is 0.0783. The van der Waals surface area contributed by atoms with Gasteiger partial charge in [-0.3, -0.25) is 0 Å². The van der Waals surface area contributed by atoms with E-state index in [1.54, 1.807) is 12.1 Å². The second kappa shape index (κ2) is 17.8. The van der Waals surface area contributed by atoms with Gasteiger partial charge in [-0.2, -0.15) is 17.6 Å². The highest BCUT2D eigenvalue weighted by molar-refractivity contribution is 5.26. The standard InChI is InChI=1S/C23H34F6O10/c1-17-3-5-20(6-4-17)37-14-19(32)12-34-9-10-35-15-21(24,25)38-23(28,29)39-22(26,27)16-36-13-18(31)11-33-8-2-7-30/h3-6,18-19,30-32H,2,7-16H2,1H3. The monoisotopic (exact) mass is 584 g/mol. The van der Waals surface area contributed by atoms with Crippen LogP contribution < -0.4 is 4.74 Å². The van der Waals surface area contributed by atoms with Crippen LogP contribution in [0.5, 0.6) is 5.75 Å². The lowest BCUT2D eigenvalue weighted by Crippen LogP contribution is -2.44. The molecule has 16 heteroatoms. The average Bonchev–Trinajstić information content (AvgIpc) is 2.82. The molecule has 0 heterocycles. The van der Waals surface area contributed by atoms with Crippen LogP contribution in [0.15, 0.2) is 24.3 Å². The molecule has 0 saturated carbocycles. The van der Waals surface area contributed by atoms with E-state index in [4.69, 9.17) is 19.3 Å². The Balaban J connectivity index is 2.22. The fourth-order valence-corrected chi connectivity index (χ4v) is 2.58. The van der Waals surface area contributed by atoms with E-state index in [9.17, 15) is 36.6 Å². The number of ether oxygens (including phenoxy) is 7. The number of rotatable bonds is 23. The molecule has 228 valence electrons. The highest BCUT2D eigenvalue weighted by Gasteiger charge is 2.52. The Kier molecular flexibility index (Phi) is 16.1. The summed E-state index contributed by atoms with van der Waals surface area (Å²) >= 11 is 0. The second-order valence-corrected chi connectivity index (χ2v) is 8.17. The average molecular weight is 585 g/mol. The molecule has 0 aliphatic heterocycles. The first kappa shape index (κ1) is 35.3. The fourth-order valence-electron chi connectivity index (χ4n) is 2.58. The Morgan fingerprint density at radius 2 is 1.18 bits per heavy atom. The van der Waals surface area contributed by atoms with E-state index in [1.807, 2.05) is 19.1 Å². The molecule has 39 heavy (non-hydrogen) atoms.